The summed E-state index contributed by atoms with van der Waals surface area (Å²) in [5, 5.41) is 5.25. The minimum absolute atomic E-state index is 0.968. The molecule has 3 aromatic carbocycles. The van der Waals surface area contributed by atoms with E-state index in [4.69, 9.17) is 0 Å². The molecule has 0 amide bonds. The Morgan fingerprint density at radius 2 is 1.20 bits per heavy atom. The van der Waals surface area contributed by atoms with Gasteiger partial charge in [-0.1, -0.05) is 48.5 Å². The first-order valence-corrected chi connectivity index (χ1v) is 6.66. The van der Waals surface area contributed by atoms with E-state index in [1.807, 2.05) is 6.92 Å². The summed E-state index contributed by atoms with van der Waals surface area (Å²) in [4.78, 5) is 6.75. The fourth-order valence-electron chi connectivity index (χ4n) is 2.23. The molecule has 98 valence electrons. The van der Waals surface area contributed by atoms with Gasteiger partial charge in [0, 0.05) is 12.4 Å². The fourth-order valence-corrected chi connectivity index (χ4v) is 2.23. The molecule has 0 atom stereocenters. The lowest BCUT2D eigenvalue weighted by Gasteiger charge is -2.00. The predicted octanol–water partition coefficient (Wildman–Crippen LogP) is 4.71. The van der Waals surface area contributed by atoms with Crippen LogP contribution in [0.5, 0.6) is 0 Å². The lowest BCUT2D eigenvalue weighted by molar-refractivity contribution is 1.15. The third-order valence-electron chi connectivity index (χ3n) is 3.25. The number of H-pyrrole nitrogens is 1. The van der Waals surface area contributed by atoms with Crippen molar-refractivity contribution in [1.29, 1.82) is 0 Å². The van der Waals surface area contributed by atoms with Crippen LogP contribution in [0.1, 0.15) is 5.82 Å². The molecule has 1 aromatic heterocycles. The first kappa shape index (κ1) is 12.4. The standard InChI is InChI=1S/C14H10.C4H6N2/c1-2-6-12-10-14-8-4-3-7-13(14)9-11(12)5-1;1-4-5-2-3-6-4/h1-10H;2-3H,1H3,(H,5,6). The molecule has 2 nitrogen and oxygen atoms in total. The molecule has 1 heterocycles. The number of aryl methyl sites for hydroxylation is 1. The van der Waals surface area contributed by atoms with Gasteiger partial charge in [-0.05, 0) is 40.6 Å². The number of aromatic amines is 1. The second-order valence-electron chi connectivity index (χ2n) is 4.72. The van der Waals surface area contributed by atoms with Crippen LogP contribution in [0.2, 0.25) is 0 Å². The van der Waals surface area contributed by atoms with Crippen LogP contribution in [0.4, 0.5) is 0 Å². The molecule has 2 heteroatoms. The van der Waals surface area contributed by atoms with Crippen molar-refractivity contribution in [3.8, 4) is 0 Å². The van der Waals surface area contributed by atoms with Crippen LogP contribution in [-0.4, -0.2) is 9.97 Å². The van der Waals surface area contributed by atoms with E-state index in [1.165, 1.54) is 21.5 Å². The summed E-state index contributed by atoms with van der Waals surface area (Å²) in [6, 6.07) is 21.4. The molecule has 0 aliphatic carbocycles. The summed E-state index contributed by atoms with van der Waals surface area (Å²) >= 11 is 0. The van der Waals surface area contributed by atoms with Crippen molar-refractivity contribution in [2.24, 2.45) is 0 Å². The number of imidazole rings is 1. The van der Waals surface area contributed by atoms with Gasteiger partial charge in [0.25, 0.3) is 0 Å². The monoisotopic (exact) mass is 260 g/mol. The quantitative estimate of drug-likeness (QED) is 0.456. The predicted molar refractivity (Wildman–Crippen MR) is 84.8 cm³/mol. The van der Waals surface area contributed by atoms with Crippen molar-refractivity contribution in [3.05, 3.63) is 78.9 Å². The molecule has 0 saturated heterocycles. The van der Waals surface area contributed by atoms with Crippen molar-refractivity contribution in [2.45, 2.75) is 6.92 Å². The lowest BCUT2D eigenvalue weighted by atomic mass is 10.0. The number of aromatic nitrogens is 2. The van der Waals surface area contributed by atoms with Crippen molar-refractivity contribution < 1.29 is 0 Å². The molecular weight excluding hydrogens is 244 g/mol. The molecule has 0 fully saturated rings. The van der Waals surface area contributed by atoms with Crippen molar-refractivity contribution in [2.75, 3.05) is 0 Å². The Morgan fingerprint density at radius 3 is 1.45 bits per heavy atom. The van der Waals surface area contributed by atoms with Crippen LogP contribution in [0, 0.1) is 6.92 Å². The van der Waals surface area contributed by atoms with Gasteiger partial charge >= 0.3 is 0 Å². The lowest BCUT2D eigenvalue weighted by Crippen LogP contribution is -1.74. The molecule has 0 radical (unpaired) electrons. The Bertz CT molecular complexity index is 712. The molecular formula is C18H16N2. The van der Waals surface area contributed by atoms with E-state index in [2.05, 4.69) is 70.6 Å². The second kappa shape index (κ2) is 5.57. The minimum Gasteiger partial charge on any atom is -0.349 e. The molecule has 4 aromatic rings. The highest BCUT2D eigenvalue weighted by Crippen LogP contribution is 2.21. The maximum absolute atomic E-state index is 3.86. The van der Waals surface area contributed by atoms with E-state index in [-0.39, 0.29) is 0 Å². The van der Waals surface area contributed by atoms with Crippen LogP contribution in [0.3, 0.4) is 0 Å². The number of fused-ring (bicyclic) bond motifs is 2. The largest absolute Gasteiger partial charge is 0.349 e. The number of nitrogens with one attached hydrogen (secondary N) is 1. The molecule has 0 spiro atoms. The molecule has 20 heavy (non-hydrogen) atoms. The van der Waals surface area contributed by atoms with E-state index in [0.717, 1.165) is 5.82 Å². The van der Waals surface area contributed by atoms with Crippen molar-refractivity contribution >= 4 is 21.5 Å². The summed E-state index contributed by atoms with van der Waals surface area (Å²) in [5.74, 6) is 0.968. The molecule has 0 unspecified atom stereocenters. The zero-order valence-corrected chi connectivity index (χ0v) is 11.4. The zero-order chi connectivity index (χ0) is 13.8. The molecule has 1 N–H and O–H groups in total. The van der Waals surface area contributed by atoms with Crippen LogP contribution in [0.15, 0.2) is 73.1 Å². The van der Waals surface area contributed by atoms with Gasteiger partial charge < -0.3 is 4.98 Å². The molecule has 0 aliphatic rings. The third kappa shape index (κ3) is 2.69. The second-order valence-corrected chi connectivity index (χ2v) is 4.72. The van der Waals surface area contributed by atoms with Gasteiger partial charge in [-0.25, -0.2) is 4.98 Å². The molecule has 0 aliphatic heterocycles. The van der Waals surface area contributed by atoms with Gasteiger partial charge in [-0.3, -0.25) is 0 Å². The molecule has 0 bridgehead atoms. The smallest absolute Gasteiger partial charge is 0.102 e. The van der Waals surface area contributed by atoms with Crippen LogP contribution in [0.25, 0.3) is 21.5 Å². The van der Waals surface area contributed by atoms with E-state index in [1.54, 1.807) is 12.4 Å². The summed E-state index contributed by atoms with van der Waals surface area (Å²) in [6.07, 6.45) is 3.53. The highest BCUT2D eigenvalue weighted by Gasteiger charge is 1.95. The molecule has 0 saturated carbocycles. The van der Waals surface area contributed by atoms with E-state index in [0.29, 0.717) is 0 Å². The summed E-state index contributed by atoms with van der Waals surface area (Å²) < 4.78 is 0. The van der Waals surface area contributed by atoms with E-state index in [9.17, 15) is 0 Å². The van der Waals surface area contributed by atoms with Gasteiger partial charge in [0.15, 0.2) is 0 Å². The number of nitrogens with zero attached hydrogens (tertiary/aromatic N) is 1. The summed E-state index contributed by atoms with van der Waals surface area (Å²) in [7, 11) is 0. The van der Waals surface area contributed by atoms with Crippen molar-refractivity contribution in [3.63, 3.8) is 0 Å². The third-order valence-corrected chi connectivity index (χ3v) is 3.25. The normalized spacial score (nSPS) is 10.2. The number of rotatable bonds is 0. The highest BCUT2D eigenvalue weighted by atomic mass is 14.9. The average Bonchev–Trinajstić information content (AvgIpc) is 2.97. The number of hydrogen-bond acceptors (Lipinski definition) is 1. The Morgan fingerprint density at radius 1 is 0.750 bits per heavy atom. The minimum atomic E-state index is 0.968. The van der Waals surface area contributed by atoms with Crippen molar-refractivity contribution in [1.82, 2.24) is 9.97 Å². The zero-order valence-electron chi connectivity index (χ0n) is 11.4. The Balaban J connectivity index is 0.000000170. The first-order valence-electron chi connectivity index (χ1n) is 6.66. The first-order chi connectivity index (χ1) is 9.83. The van der Waals surface area contributed by atoms with Crippen LogP contribution in [-0.2, 0) is 0 Å². The fraction of sp³-hybridized carbons (Fsp3) is 0.0556. The van der Waals surface area contributed by atoms with Crippen LogP contribution < -0.4 is 0 Å². The summed E-state index contributed by atoms with van der Waals surface area (Å²) in [5.41, 5.74) is 0. The van der Waals surface area contributed by atoms with Gasteiger partial charge in [0.2, 0.25) is 0 Å². The maximum atomic E-state index is 3.86. The van der Waals surface area contributed by atoms with Crippen LogP contribution >= 0.6 is 0 Å². The Hall–Kier alpha value is -2.61. The van der Waals surface area contributed by atoms with Gasteiger partial charge in [-0.15, -0.1) is 0 Å². The number of hydrogen-bond donors (Lipinski definition) is 1. The maximum Gasteiger partial charge on any atom is 0.102 e. The summed E-state index contributed by atoms with van der Waals surface area (Å²) in [6.45, 7) is 1.92. The SMILES string of the molecule is Cc1ncc[nH]1.c1ccc2cc3ccccc3cc2c1. The number of benzene rings is 3. The highest BCUT2D eigenvalue weighted by molar-refractivity contribution is 5.98. The Labute approximate surface area is 118 Å². The molecule has 4 rings (SSSR count). The van der Waals surface area contributed by atoms with Gasteiger partial charge in [-0.2, -0.15) is 0 Å². The van der Waals surface area contributed by atoms with E-state index < -0.39 is 0 Å². The topological polar surface area (TPSA) is 28.7 Å². The van der Waals surface area contributed by atoms with E-state index >= 15 is 0 Å². The van der Waals surface area contributed by atoms with Gasteiger partial charge in [0.05, 0.1) is 0 Å². The average molecular weight is 260 g/mol. The Kier molecular flexibility index (Phi) is 3.46. The van der Waals surface area contributed by atoms with Gasteiger partial charge in [0.1, 0.15) is 5.82 Å².